The third kappa shape index (κ3) is 5.53. The van der Waals surface area contributed by atoms with Crippen LogP contribution < -0.4 is 5.32 Å². The van der Waals surface area contributed by atoms with Gasteiger partial charge in [0, 0.05) is 37.7 Å². The summed E-state index contributed by atoms with van der Waals surface area (Å²) in [6.07, 6.45) is 3.47. The van der Waals surface area contributed by atoms with Crippen LogP contribution in [0.25, 0.3) is 10.9 Å². The maximum atomic E-state index is 12.3. The number of anilines is 1. The van der Waals surface area contributed by atoms with E-state index in [2.05, 4.69) is 43.1 Å². The molecule has 2 aromatic heterocycles. The van der Waals surface area contributed by atoms with E-state index >= 15 is 0 Å². The number of aromatic nitrogens is 2. The van der Waals surface area contributed by atoms with Gasteiger partial charge in [-0.25, -0.2) is 4.79 Å². The van der Waals surface area contributed by atoms with Crippen molar-refractivity contribution >= 4 is 50.4 Å². The first-order chi connectivity index (χ1) is 15.3. The number of carbonyl (C=O) groups is 1. The maximum Gasteiger partial charge on any atom is 0.412 e. The van der Waals surface area contributed by atoms with Gasteiger partial charge in [-0.15, -0.1) is 0 Å². The number of benzene rings is 2. The number of nitrogens with zero attached hydrogens (tertiary/aromatic N) is 2. The molecule has 4 rings (SSSR count). The molecule has 1 N–H and O–H groups in total. The third-order valence-electron chi connectivity index (χ3n) is 4.61. The van der Waals surface area contributed by atoms with Crippen molar-refractivity contribution in [3.63, 3.8) is 0 Å². The monoisotopic (exact) mass is 509 g/mol. The van der Waals surface area contributed by atoms with Crippen LogP contribution in [0.2, 0.25) is 0 Å². The number of hydrogen-bond donors (Lipinski definition) is 1. The summed E-state index contributed by atoms with van der Waals surface area (Å²) in [5.74, 6) is 0. The van der Waals surface area contributed by atoms with Crippen molar-refractivity contribution in [3.05, 3.63) is 83.2 Å². The zero-order valence-corrected chi connectivity index (χ0v) is 20.5. The zero-order valence-electron chi connectivity index (χ0n) is 18.1. The normalized spacial score (nSPS) is 11.5. The van der Waals surface area contributed by atoms with Crippen LogP contribution in [-0.2, 0) is 11.3 Å². The van der Waals surface area contributed by atoms with Gasteiger partial charge in [0.1, 0.15) is 5.60 Å². The van der Waals surface area contributed by atoms with Crippen LogP contribution in [0, 0.1) is 0 Å². The molecule has 0 atom stereocenters. The quantitative estimate of drug-likeness (QED) is 0.305. The summed E-state index contributed by atoms with van der Waals surface area (Å²) in [5, 5.41) is 3.95. The first-order valence-electron chi connectivity index (χ1n) is 10.2. The topological polar surface area (TPSA) is 56.1 Å². The highest BCUT2D eigenvalue weighted by Crippen LogP contribution is 2.39. The van der Waals surface area contributed by atoms with Crippen LogP contribution in [-0.4, -0.2) is 21.2 Å². The highest BCUT2D eigenvalue weighted by atomic mass is 79.9. The molecule has 5 nitrogen and oxygen atoms in total. The molecular formula is C25H24BrN3O2S. The Kier molecular flexibility index (Phi) is 6.58. The molecule has 0 spiro atoms. The third-order valence-corrected chi connectivity index (χ3v) is 6.68. The standard InChI is InChI=1S/C25H24BrN3O2S/c1-25(2,3)31-24(30)28-17-11-12-19-21(14-17)29(15-18-8-6-7-13-27-18)16-23(19)32-22-10-5-4-9-20(22)26/h4-14,16H,15H2,1-3H3,(H,28,30). The lowest BCUT2D eigenvalue weighted by molar-refractivity contribution is 0.0636. The number of rotatable bonds is 5. The number of carbonyl (C=O) groups excluding carboxylic acids is 1. The summed E-state index contributed by atoms with van der Waals surface area (Å²) < 4.78 is 8.62. The molecule has 32 heavy (non-hydrogen) atoms. The Hall–Kier alpha value is -2.77. The molecule has 2 heterocycles. The van der Waals surface area contributed by atoms with Gasteiger partial charge in [-0.1, -0.05) is 30.0 Å². The van der Waals surface area contributed by atoms with Crippen molar-refractivity contribution in [3.8, 4) is 0 Å². The number of ether oxygens (including phenoxy) is 1. The van der Waals surface area contributed by atoms with E-state index < -0.39 is 11.7 Å². The van der Waals surface area contributed by atoms with E-state index in [9.17, 15) is 4.79 Å². The molecule has 4 aromatic rings. The van der Waals surface area contributed by atoms with Gasteiger partial charge >= 0.3 is 6.09 Å². The highest BCUT2D eigenvalue weighted by molar-refractivity contribution is 9.10. The summed E-state index contributed by atoms with van der Waals surface area (Å²) in [7, 11) is 0. The summed E-state index contributed by atoms with van der Waals surface area (Å²) in [6, 6.07) is 20.0. The average Bonchev–Trinajstić information content (AvgIpc) is 3.05. The molecule has 164 valence electrons. The lowest BCUT2D eigenvalue weighted by atomic mass is 10.2. The lowest BCUT2D eigenvalue weighted by Gasteiger charge is -2.19. The molecule has 0 aliphatic carbocycles. The minimum Gasteiger partial charge on any atom is -0.444 e. The van der Waals surface area contributed by atoms with Crippen LogP contribution in [0.1, 0.15) is 26.5 Å². The fourth-order valence-corrected chi connectivity index (χ4v) is 4.82. The Morgan fingerprint density at radius 2 is 1.88 bits per heavy atom. The minimum atomic E-state index is -0.555. The zero-order chi connectivity index (χ0) is 22.7. The predicted molar refractivity (Wildman–Crippen MR) is 133 cm³/mol. The van der Waals surface area contributed by atoms with E-state index in [0.29, 0.717) is 12.2 Å². The second-order valence-corrected chi connectivity index (χ2v) is 10.3. The molecule has 0 aliphatic rings. The van der Waals surface area contributed by atoms with Gasteiger partial charge in [0.05, 0.1) is 17.8 Å². The number of halogens is 1. The van der Waals surface area contributed by atoms with Crippen molar-refractivity contribution < 1.29 is 9.53 Å². The lowest BCUT2D eigenvalue weighted by Crippen LogP contribution is -2.27. The van der Waals surface area contributed by atoms with Gasteiger partial charge < -0.3 is 9.30 Å². The van der Waals surface area contributed by atoms with Crippen LogP contribution in [0.4, 0.5) is 10.5 Å². The van der Waals surface area contributed by atoms with E-state index in [1.165, 1.54) is 0 Å². The molecule has 0 aliphatic heterocycles. The van der Waals surface area contributed by atoms with Crippen molar-refractivity contribution in [1.29, 1.82) is 0 Å². The summed E-state index contributed by atoms with van der Waals surface area (Å²) in [4.78, 5) is 19.0. The molecule has 7 heteroatoms. The van der Waals surface area contributed by atoms with Crippen LogP contribution in [0.15, 0.2) is 87.3 Å². The Morgan fingerprint density at radius 1 is 1.09 bits per heavy atom. The number of amides is 1. The molecule has 0 bridgehead atoms. The van der Waals surface area contributed by atoms with Crippen molar-refractivity contribution in [2.75, 3.05) is 5.32 Å². The number of pyridine rings is 1. The Bertz CT molecular complexity index is 1250. The van der Waals surface area contributed by atoms with Gasteiger partial charge in [-0.2, -0.15) is 0 Å². The SMILES string of the molecule is CC(C)(C)OC(=O)Nc1ccc2c(Sc3ccccc3Br)cn(Cc3ccccn3)c2c1. The molecule has 0 saturated carbocycles. The Labute approximate surface area is 200 Å². The van der Waals surface area contributed by atoms with Crippen molar-refractivity contribution in [1.82, 2.24) is 9.55 Å². The largest absolute Gasteiger partial charge is 0.444 e. The second-order valence-electron chi connectivity index (χ2n) is 8.33. The molecule has 0 fully saturated rings. The van der Waals surface area contributed by atoms with E-state index in [1.54, 1.807) is 18.0 Å². The van der Waals surface area contributed by atoms with Gasteiger partial charge in [0.2, 0.25) is 0 Å². The van der Waals surface area contributed by atoms with E-state index in [1.807, 2.05) is 75.4 Å². The van der Waals surface area contributed by atoms with E-state index in [0.717, 1.165) is 30.9 Å². The molecule has 0 radical (unpaired) electrons. The predicted octanol–water partition coefficient (Wildman–Crippen LogP) is 7.35. The smallest absolute Gasteiger partial charge is 0.412 e. The van der Waals surface area contributed by atoms with Gasteiger partial charge in [0.25, 0.3) is 0 Å². The maximum absolute atomic E-state index is 12.3. The molecular weight excluding hydrogens is 486 g/mol. The molecule has 0 unspecified atom stereocenters. The van der Waals surface area contributed by atoms with Crippen LogP contribution >= 0.6 is 27.7 Å². The number of hydrogen-bond acceptors (Lipinski definition) is 4. The first kappa shape index (κ1) is 22.4. The van der Waals surface area contributed by atoms with E-state index in [4.69, 9.17) is 4.74 Å². The van der Waals surface area contributed by atoms with Gasteiger partial charge in [-0.3, -0.25) is 10.3 Å². The summed E-state index contributed by atoms with van der Waals surface area (Å²) in [6.45, 7) is 6.17. The number of nitrogens with one attached hydrogen (secondary N) is 1. The first-order valence-corrected chi connectivity index (χ1v) is 11.8. The van der Waals surface area contributed by atoms with Crippen molar-refractivity contribution in [2.45, 2.75) is 42.7 Å². The summed E-state index contributed by atoms with van der Waals surface area (Å²) >= 11 is 5.34. The Morgan fingerprint density at radius 3 is 2.59 bits per heavy atom. The minimum absolute atomic E-state index is 0.470. The fraction of sp³-hybridized carbons (Fsp3) is 0.200. The van der Waals surface area contributed by atoms with Gasteiger partial charge in [-0.05, 0) is 79.2 Å². The average molecular weight is 510 g/mol. The van der Waals surface area contributed by atoms with Crippen LogP contribution in [0.3, 0.4) is 0 Å². The fourth-order valence-electron chi connectivity index (χ4n) is 3.28. The van der Waals surface area contributed by atoms with Gasteiger partial charge in [0.15, 0.2) is 0 Å². The second kappa shape index (κ2) is 9.38. The molecule has 1 amide bonds. The molecule has 0 saturated heterocycles. The Balaban J connectivity index is 1.71. The highest BCUT2D eigenvalue weighted by Gasteiger charge is 2.17. The number of fused-ring (bicyclic) bond motifs is 1. The van der Waals surface area contributed by atoms with Crippen molar-refractivity contribution in [2.24, 2.45) is 0 Å². The summed E-state index contributed by atoms with van der Waals surface area (Å²) in [5.41, 5.74) is 2.11. The van der Waals surface area contributed by atoms with E-state index in [-0.39, 0.29) is 0 Å². The van der Waals surface area contributed by atoms with Crippen LogP contribution in [0.5, 0.6) is 0 Å². The molecule has 2 aromatic carbocycles.